The van der Waals surface area contributed by atoms with E-state index >= 15 is 0 Å². The van der Waals surface area contributed by atoms with Gasteiger partial charge >= 0.3 is 0 Å². The molecule has 0 heterocycles. The highest BCUT2D eigenvalue weighted by molar-refractivity contribution is 6.07. The molecule has 102 valence electrons. The summed E-state index contributed by atoms with van der Waals surface area (Å²) in [6, 6.07) is 8.05. The van der Waals surface area contributed by atoms with Crippen LogP contribution in [0.2, 0.25) is 0 Å². The van der Waals surface area contributed by atoms with Gasteiger partial charge in [-0.2, -0.15) is 0 Å². The van der Waals surface area contributed by atoms with Crippen molar-refractivity contribution in [1.82, 2.24) is 0 Å². The van der Waals surface area contributed by atoms with Crippen molar-refractivity contribution in [3.63, 3.8) is 0 Å². The molecule has 0 saturated heterocycles. The first-order valence-corrected chi connectivity index (χ1v) is 6.66. The van der Waals surface area contributed by atoms with Gasteiger partial charge in [-0.25, -0.2) is 0 Å². The van der Waals surface area contributed by atoms with Gasteiger partial charge in [-0.1, -0.05) is 58.0 Å². The Morgan fingerprint density at radius 2 is 1.68 bits per heavy atom. The number of benzene rings is 1. The maximum absolute atomic E-state index is 11.7. The zero-order valence-electron chi connectivity index (χ0n) is 12.2. The molecule has 0 saturated carbocycles. The molecular weight excluding hydrogens is 236 g/mol. The third kappa shape index (κ3) is 5.21. The van der Waals surface area contributed by atoms with E-state index in [0.29, 0.717) is 0 Å². The number of carbonyl (C=O) groups excluding carboxylic acids is 2. The van der Waals surface area contributed by atoms with Crippen molar-refractivity contribution in [3.8, 4) is 0 Å². The predicted octanol–water partition coefficient (Wildman–Crippen LogP) is 3.84. The summed E-state index contributed by atoms with van der Waals surface area (Å²) in [6.07, 6.45) is 4.23. The average molecular weight is 258 g/mol. The molecule has 1 rings (SSSR count). The van der Waals surface area contributed by atoms with Crippen LogP contribution in [0.4, 0.5) is 0 Å². The maximum atomic E-state index is 11.7. The van der Waals surface area contributed by atoms with Crippen LogP contribution in [-0.2, 0) is 16.0 Å². The predicted molar refractivity (Wildman–Crippen MR) is 78.9 cm³/mol. The van der Waals surface area contributed by atoms with Crippen LogP contribution in [0.15, 0.2) is 30.3 Å². The van der Waals surface area contributed by atoms with Crippen molar-refractivity contribution in [3.05, 3.63) is 41.5 Å². The summed E-state index contributed by atoms with van der Waals surface area (Å²) >= 11 is 0. The molecular formula is C17H22O2. The van der Waals surface area contributed by atoms with Crippen LogP contribution in [-0.4, -0.2) is 11.6 Å². The minimum Gasteiger partial charge on any atom is -0.299 e. The summed E-state index contributed by atoms with van der Waals surface area (Å²) in [6.45, 7) is 7.59. The number of allylic oxidation sites excluding steroid dienone is 1. The largest absolute Gasteiger partial charge is 0.299 e. The minimum absolute atomic E-state index is 0.0208. The van der Waals surface area contributed by atoms with Gasteiger partial charge in [0, 0.05) is 5.41 Å². The third-order valence-corrected chi connectivity index (χ3v) is 3.02. The second-order valence-electron chi connectivity index (χ2n) is 5.74. The van der Waals surface area contributed by atoms with Crippen molar-refractivity contribution < 1.29 is 9.59 Å². The first kappa shape index (κ1) is 15.4. The molecule has 0 bridgehead atoms. The van der Waals surface area contributed by atoms with E-state index in [-0.39, 0.29) is 18.0 Å². The lowest BCUT2D eigenvalue weighted by atomic mass is 9.88. The van der Waals surface area contributed by atoms with Gasteiger partial charge < -0.3 is 0 Å². The van der Waals surface area contributed by atoms with Gasteiger partial charge in [-0.05, 0) is 23.6 Å². The summed E-state index contributed by atoms with van der Waals surface area (Å²) < 4.78 is 0. The Labute approximate surface area is 115 Å². The first-order chi connectivity index (χ1) is 8.82. The van der Waals surface area contributed by atoms with Gasteiger partial charge in [0.15, 0.2) is 5.78 Å². The summed E-state index contributed by atoms with van der Waals surface area (Å²) in [5, 5.41) is 0. The molecule has 2 heteroatoms. The zero-order chi connectivity index (χ0) is 14.5. The van der Waals surface area contributed by atoms with Gasteiger partial charge in [-0.3, -0.25) is 9.59 Å². The fourth-order valence-electron chi connectivity index (χ4n) is 1.54. The van der Waals surface area contributed by atoms with E-state index in [0.717, 1.165) is 12.0 Å². The summed E-state index contributed by atoms with van der Waals surface area (Å²) in [5.41, 5.74) is 1.80. The number of Topliss-reactive ketones (excluding diaryl/α,β-unsaturated/α-hetero) is 1. The number of hydrogen-bond donors (Lipinski definition) is 0. The van der Waals surface area contributed by atoms with Crippen LogP contribution in [0.5, 0.6) is 0 Å². The lowest BCUT2D eigenvalue weighted by Gasteiger charge is -2.14. The van der Waals surface area contributed by atoms with E-state index in [2.05, 4.69) is 6.92 Å². The van der Waals surface area contributed by atoms with E-state index < -0.39 is 5.41 Å². The van der Waals surface area contributed by atoms with E-state index in [4.69, 9.17) is 0 Å². The molecule has 1 aromatic rings. The number of aryl methyl sites for hydroxylation is 1. The van der Waals surface area contributed by atoms with Gasteiger partial charge in [0.2, 0.25) is 0 Å². The van der Waals surface area contributed by atoms with Crippen molar-refractivity contribution in [2.24, 2.45) is 5.41 Å². The second-order valence-corrected chi connectivity index (χ2v) is 5.74. The SMILES string of the molecule is CCc1ccc(C=CC(=O)CC(=O)C(C)(C)C)cc1. The Hall–Kier alpha value is -1.70. The Morgan fingerprint density at radius 1 is 1.11 bits per heavy atom. The highest BCUT2D eigenvalue weighted by atomic mass is 16.1. The standard InChI is InChI=1S/C17H22O2/c1-5-13-6-8-14(9-7-13)10-11-15(18)12-16(19)17(2,3)4/h6-11H,5,12H2,1-4H3. The van der Waals surface area contributed by atoms with E-state index in [1.807, 2.05) is 45.0 Å². The average Bonchev–Trinajstić information content (AvgIpc) is 2.35. The van der Waals surface area contributed by atoms with Crippen molar-refractivity contribution in [1.29, 1.82) is 0 Å². The molecule has 0 N–H and O–H groups in total. The molecule has 1 aromatic carbocycles. The van der Waals surface area contributed by atoms with Gasteiger partial charge in [0.05, 0.1) is 6.42 Å². The zero-order valence-corrected chi connectivity index (χ0v) is 12.2. The van der Waals surface area contributed by atoms with Gasteiger partial charge in [0.25, 0.3) is 0 Å². The number of hydrogen-bond acceptors (Lipinski definition) is 2. The third-order valence-electron chi connectivity index (χ3n) is 3.02. The van der Waals surface area contributed by atoms with Crippen LogP contribution in [0.1, 0.15) is 45.2 Å². The monoisotopic (exact) mass is 258 g/mol. The lowest BCUT2D eigenvalue weighted by Crippen LogP contribution is -2.22. The van der Waals surface area contributed by atoms with Crippen LogP contribution in [0, 0.1) is 5.41 Å². The van der Waals surface area contributed by atoms with Crippen molar-refractivity contribution in [2.75, 3.05) is 0 Å². The van der Waals surface area contributed by atoms with Crippen LogP contribution in [0.25, 0.3) is 6.08 Å². The molecule has 0 aliphatic carbocycles. The van der Waals surface area contributed by atoms with Crippen LogP contribution < -0.4 is 0 Å². The molecule has 19 heavy (non-hydrogen) atoms. The molecule has 2 nitrogen and oxygen atoms in total. The van der Waals surface area contributed by atoms with Crippen molar-refractivity contribution in [2.45, 2.75) is 40.5 Å². The quantitative estimate of drug-likeness (QED) is 0.594. The minimum atomic E-state index is -0.452. The molecule has 0 radical (unpaired) electrons. The second kappa shape index (κ2) is 6.46. The molecule has 0 amide bonds. The molecule has 0 aliphatic heterocycles. The van der Waals surface area contributed by atoms with Gasteiger partial charge in [-0.15, -0.1) is 0 Å². The van der Waals surface area contributed by atoms with E-state index in [1.165, 1.54) is 11.6 Å². The fourth-order valence-corrected chi connectivity index (χ4v) is 1.54. The lowest BCUT2D eigenvalue weighted by molar-refractivity contribution is -0.130. The Bertz CT molecular complexity index is 473. The molecule has 0 atom stereocenters. The van der Waals surface area contributed by atoms with E-state index in [9.17, 15) is 9.59 Å². The van der Waals surface area contributed by atoms with Crippen LogP contribution in [0.3, 0.4) is 0 Å². The Kier molecular flexibility index (Phi) is 5.22. The highest BCUT2D eigenvalue weighted by Gasteiger charge is 2.22. The smallest absolute Gasteiger partial charge is 0.163 e. The highest BCUT2D eigenvalue weighted by Crippen LogP contribution is 2.17. The van der Waals surface area contributed by atoms with Crippen LogP contribution >= 0.6 is 0 Å². The maximum Gasteiger partial charge on any atom is 0.163 e. The number of rotatable bonds is 5. The van der Waals surface area contributed by atoms with E-state index in [1.54, 1.807) is 6.08 Å². The summed E-state index contributed by atoms with van der Waals surface area (Å²) in [5.74, 6) is -0.164. The Balaban J connectivity index is 2.61. The first-order valence-electron chi connectivity index (χ1n) is 6.66. The molecule has 0 aromatic heterocycles. The summed E-state index contributed by atoms with van der Waals surface area (Å²) in [7, 11) is 0. The number of carbonyl (C=O) groups is 2. The molecule has 0 fully saturated rings. The normalized spacial score (nSPS) is 11.8. The summed E-state index contributed by atoms with van der Waals surface area (Å²) in [4.78, 5) is 23.4. The Morgan fingerprint density at radius 3 is 2.16 bits per heavy atom. The molecule has 0 aliphatic rings. The van der Waals surface area contributed by atoms with Crippen molar-refractivity contribution >= 4 is 17.6 Å². The molecule has 0 spiro atoms. The topological polar surface area (TPSA) is 34.1 Å². The molecule has 0 unspecified atom stereocenters. The van der Waals surface area contributed by atoms with Gasteiger partial charge in [0.1, 0.15) is 5.78 Å². The fraction of sp³-hybridized carbons (Fsp3) is 0.412. The number of ketones is 2.